The van der Waals surface area contributed by atoms with Crippen molar-refractivity contribution in [2.75, 3.05) is 7.11 Å². The molecule has 4 rings (SSSR count). The van der Waals surface area contributed by atoms with Crippen LogP contribution in [0.5, 0.6) is 11.5 Å². The molecule has 0 saturated heterocycles. The van der Waals surface area contributed by atoms with Crippen LogP contribution in [0.1, 0.15) is 15.9 Å². The standard InChI is InChI=1S/C22H16O6/c1-26-15-6-8-17-18-9-7-16(11-20(18)28-22(25)19(17)10-15)27-12-13-2-4-14(5-3-13)21(23)24/h2-11H,12H2,1H3,(H,23,24). The fraction of sp³-hybridized carbons (Fsp3) is 0.0909. The Morgan fingerprint density at radius 1 is 0.929 bits per heavy atom. The normalized spacial score (nSPS) is 10.9. The van der Waals surface area contributed by atoms with E-state index in [0.29, 0.717) is 22.5 Å². The van der Waals surface area contributed by atoms with E-state index in [-0.39, 0.29) is 12.2 Å². The SMILES string of the molecule is COc1ccc2c(c1)c(=O)oc1cc(OCc3ccc(C(=O)O)cc3)ccc12. The molecule has 1 heterocycles. The van der Waals surface area contributed by atoms with Gasteiger partial charge in [-0.3, -0.25) is 0 Å². The highest BCUT2D eigenvalue weighted by atomic mass is 16.5. The predicted octanol–water partition coefficient (Wildman–Crippen LogP) is 4.23. The Kier molecular flexibility index (Phi) is 4.45. The maximum Gasteiger partial charge on any atom is 0.344 e. The average molecular weight is 376 g/mol. The highest BCUT2D eigenvalue weighted by Gasteiger charge is 2.10. The summed E-state index contributed by atoms with van der Waals surface area (Å²) in [6.45, 7) is 0.264. The number of benzene rings is 3. The molecule has 0 radical (unpaired) electrons. The van der Waals surface area contributed by atoms with Gasteiger partial charge in [-0.25, -0.2) is 9.59 Å². The van der Waals surface area contributed by atoms with Crippen molar-refractivity contribution in [2.24, 2.45) is 0 Å². The molecule has 6 heteroatoms. The molecule has 1 N–H and O–H groups in total. The van der Waals surface area contributed by atoms with Gasteiger partial charge in [0, 0.05) is 16.8 Å². The van der Waals surface area contributed by atoms with Crippen LogP contribution in [-0.4, -0.2) is 18.2 Å². The first-order valence-electron chi connectivity index (χ1n) is 8.55. The van der Waals surface area contributed by atoms with Crippen LogP contribution in [0.2, 0.25) is 0 Å². The van der Waals surface area contributed by atoms with Crippen LogP contribution in [0.25, 0.3) is 21.7 Å². The Bertz CT molecular complexity index is 1240. The Hall–Kier alpha value is -3.80. The first kappa shape index (κ1) is 17.6. The first-order chi connectivity index (χ1) is 13.5. The lowest BCUT2D eigenvalue weighted by Crippen LogP contribution is -2.01. The molecule has 4 aromatic rings. The van der Waals surface area contributed by atoms with Gasteiger partial charge in [-0.05, 0) is 48.0 Å². The van der Waals surface area contributed by atoms with Gasteiger partial charge in [0.2, 0.25) is 0 Å². The van der Waals surface area contributed by atoms with E-state index < -0.39 is 11.6 Å². The van der Waals surface area contributed by atoms with E-state index in [1.54, 1.807) is 43.5 Å². The number of ether oxygens (including phenoxy) is 2. The van der Waals surface area contributed by atoms with Gasteiger partial charge < -0.3 is 19.0 Å². The van der Waals surface area contributed by atoms with Crippen molar-refractivity contribution >= 4 is 27.7 Å². The summed E-state index contributed by atoms with van der Waals surface area (Å²) in [5.74, 6) is 0.167. The quantitative estimate of drug-likeness (QED) is 0.414. The predicted molar refractivity (Wildman–Crippen MR) is 104 cm³/mol. The second kappa shape index (κ2) is 7.08. The number of methoxy groups -OCH3 is 1. The molecule has 0 spiro atoms. The molecule has 6 nitrogen and oxygen atoms in total. The maximum absolute atomic E-state index is 12.3. The molecule has 140 valence electrons. The lowest BCUT2D eigenvalue weighted by Gasteiger charge is -2.09. The minimum Gasteiger partial charge on any atom is -0.497 e. The van der Waals surface area contributed by atoms with Crippen molar-refractivity contribution in [1.82, 2.24) is 0 Å². The monoisotopic (exact) mass is 376 g/mol. The van der Waals surface area contributed by atoms with Crippen LogP contribution in [0.3, 0.4) is 0 Å². The number of carbonyl (C=O) groups is 1. The summed E-state index contributed by atoms with van der Waals surface area (Å²) in [4.78, 5) is 23.2. The second-order valence-corrected chi connectivity index (χ2v) is 6.25. The third kappa shape index (κ3) is 3.27. The van der Waals surface area contributed by atoms with Crippen molar-refractivity contribution < 1.29 is 23.8 Å². The second-order valence-electron chi connectivity index (χ2n) is 6.25. The fourth-order valence-corrected chi connectivity index (χ4v) is 3.02. The van der Waals surface area contributed by atoms with Gasteiger partial charge >= 0.3 is 11.6 Å². The lowest BCUT2D eigenvalue weighted by molar-refractivity contribution is 0.0697. The summed E-state index contributed by atoms with van der Waals surface area (Å²) < 4.78 is 16.4. The molecular weight excluding hydrogens is 360 g/mol. The van der Waals surface area contributed by atoms with Crippen molar-refractivity contribution in [3.8, 4) is 11.5 Å². The minimum atomic E-state index is -0.970. The molecule has 28 heavy (non-hydrogen) atoms. The highest BCUT2D eigenvalue weighted by Crippen LogP contribution is 2.28. The van der Waals surface area contributed by atoms with Crippen LogP contribution in [0.4, 0.5) is 0 Å². The summed E-state index contributed by atoms with van der Waals surface area (Å²) in [7, 11) is 1.54. The van der Waals surface area contributed by atoms with Crippen LogP contribution in [-0.2, 0) is 6.61 Å². The molecule has 0 fully saturated rings. The molecule has 0 aliphatic rings. The van der Waals surface area contributed by atoms with Gasteiger partial charge in [-0.1, -0.05) is 12.1 Å². The minimum absolute atomic E-state index is 0.222. The third-order valence-electron chi connectivity index (χ3n) is 4.50. The van der Waals surface area contributed by atoms with E-state index in [4.69, 9.17) is 19.0 Å². The van der Waals surface area contributed by atoms with E-state index in [1.807, 2.05) is 12.1 Å². The van der Waals surface area contributed by atoms with Gasteiger partial charge in [0.05, 0.1) is 18.1 Å². The number of hydrogen-bond donors (Lipinski definition) is 1. The number of aromatic carboxylic acids is 1. The summed E-state index contributed by atoms with van der Waals surface area (Å²) >= 11 is 0. The van der Waals surface area contributed by atoms with Crippen LogP contribution in [0, 0.1) is 0 Å². The fourth-order valence-electron chi connectivity index (χ4n) is 3.02. The van der Waals surface area contributed by atoms with E-state index in [1.165, 1.54) is 12.1 Å². The number of carboxylic acid groups (broad SMARTS) is 1. The molecule has 3 aromatic carbocycles. The molecule has 0 aliphatic heterocycles. The summed E-state index contributed by atoms with van der Waals surface area (Å²) in [5.41, 5.74) is 1.04. The highest BCUT2D eigenvalue weighted by molar-refractivity contribution is 6.04. The number of carboxylic acids is 1. The smallest absolute Gasteiger partial charge is 0.344 e. The molecule has 0 bridgehead atoms. The van der Waals surface area contributed by atoms with Crippen molar-refractivity contribution in [3.63, 3.8) is 0 Å². The average Bonchev–Trinajstić information content (AvgIpc) is 2.72. The van der Waals surface area contributed by atoms with E-state index in [9.17, 15) is 9.59 Å². The Morgan fingerprint density at radius 3 is 2.36 bits per heavy atom. The van der Waals surface area contributed by atoms with Crippen LogP contribution < -0.4 is 15.1 Å². The van der Waals surface area contributed by atoms with Crippen molar-refractivity contribution in [2.45, 2.75) is 6.61 Å². The van der Waals surface area contributed by atoms with E-state index in [0.717, 1.165) is 16.3 Å². The number of rotatable bonds is 5. The topological polar surface area (TPSA) is 86.0 Å². The van der Waals surface area contributed by atoms with Gasteiger partial charge in [0.1, 0.15) is 23.7 Å². The Balaban J connectivity index is 1.63. The maximum atomic E-state index is 12.3. The van der Waals surface area contributed by atoms with Crippen LogP contribution in [0.15, 0.2) is 69.9 Å². The van der Waals surface area contributed by atoms with E-state index >= 15 is 0 Å². The largest absolute Gasteiger partial charge is 0.497 e. The number of hydrogen-bond acceptors (Lipinski definition) is 5. The molecule has 0 aliphatic carbocycles. The molecular formula is C22H16O6. The van der Waals surface area contributed by atoms with Gasteiger partial charge in [0.15, 0.2) is 0 Å². The summed E-state index contributed by atoms with van der Waals surface area (Å²) in [5, 5.41) is 11.0. The Morgan fingerprint density at radius 2 is 1.64 bits per heavy atom. The molecule has 0 unspecified atom stereocenters. The zero-order chi connectivity index (χ0) is 19.7. The lowest BCUT2D eigenvalue weighted by atomic mass is 10.1. The summed E-state index contributed by atoms with van der Waals surface area (Å²) in [6.07, 6.45) is 0. The van der Waals surface area contributed by atoms with Gasteiger partial charge in [0.25, 0.3) is 0 Å². The Labute approximate surface area is 159 Å². The molecule has 0 atom stereocenters. The molecule has 1 aromatic heterocycles. The van der Waals surface area contributed by atoms with Crippen molar-refractivity contribution in [1.29, 1.82) is 0 Å². The number of fused-ring (bicyclic) bond motifs is 3. The zero-order valence-corrected chi connectivity index (χ0v) is 15.0. The molecule has 0 saturated carbocycles. The third-order valence-corrected chi connectivity index (χ3v) is 4.50. The van der Waals surface area contributed by atoms with Crippen LogP contribution >= 0.6 is 0 Å². The molecule has 0 amide bonds. The summed E-state index contributed by atoms with van der Waals surface area (Å²) in [6, 6.07) is 17.1. The van der Waals surface area contributed by atoms with E-state index in [2.05, 4.69) is 0 Å². The first-order valence-corrected chi connectivity index (χ1v) is 8.55. The van der Waals surface area contributed by atoms with Gasteiger partial charge in [-0.2, -0.15) is 0 Å². The van der Waals surface area contributed by atoms with Crippen molar-refractivity contribution in [3.05, 3.63) is 82.2 Å². The van der Waals surface area contributed by atoms with Gasteiger partial charge in [-0.15, -0.1) is 0 Å². The zero-order valence-electron chi connectivity index (χ0n) is 15.0.